The zero-order valence-corrected chi connectivity index (χ0v) is 19.3. The third-order valence-corrected chi connectivity index (χ3v) is 6.07. The summed E-state index contributed by atoms with van der Waals surface area (Å²) in [6.07, 6.45) is 1.95. The van der Waals surface area contributed by atoms with E-state index in [2.05, 4.69) is 17.3 Å². The van der Waals surface area contributed by atoms with E-state index in [0.29, 0.717) is 5.56 Å². The molecule has 1 aliphatic rings. The van der Waals surface area contributed by atoms with Crippen molar-refractivity contribution in [1.82, 2.24) is 25.0 Å². The molecule has 4 rings (SSSR count). The van der Waals surface area contributed by atoms with E-state index >= 15 is 0 Å². The fourth-order valence-electron chi connectivity index (χ4n) is 3.92. The number of fused-ring (bicyclic) bond motifs is 1. The van der Waals surface area contributed by atoms with Gasteiger partial charge < -0.3 is 10.2 Å². The Hall–Kier alpha value is -1.67. The van der Waals surface area contributed by atoms with Gasteiger partial charge in [-0.25, -0.2) is 4.98 Å². The van der Waals surface area contributed by atoms with Crippen molar-refractivity contribution >= 4 is 53.1 Å². The third-order valence-electron chi connectivity index (χ3n) is 5.17. The van der Waals surface area contributed by atoms with E-state index < -0.39 is 0 Å². The molecular weight excluding hydrogens is 429 g/mol. The second-order valence-corrected chi connectivity index (χ2v) is 8.03. The first-order valence-corrected chi connectivity index (χ1v) is 10.4. The van der Waals surface area contributed by atoms with Gasteiger partial charge in [0.1, 0.15) is 0 Å². The highest BCUT2D eigenvalue weighted by atomic mass is 35.5. The number of halogens is 2. The van der Waals surface area contributed by atoms with Crippen molar-refractivity contribution in [2.75, 3.05) is 19.6 Å². The summed E-state index contributed by atoms with van der Waals surface area (Å²) in [5.41, 5.74) is 3.17. The van der Waals surface area contributed by atoms with Crippen molar-refractivity contribution < 1.29 is 4.79 Å². The number of aryl methyl sites for hydroxylation is 2. The number of aromatic nitrogens is 3. The van der Waals surface area contributed by atoms with Gasteiger partial charge in [-0.1, -0.05) is 13.0 Å². The normalized spacial score (nSPS) is 15.8. The molecule has 1 aliphatic heterocycles. The van der Waals surface area contributed by atoms with Crippen LogP contribution < -0.4 is 5.32 Å². The van der Waals surface area contributed by atoms with Crippen molar-refractivity contribution in [1.29, 1.82) is 0 Å². The number of carbonyl (C=O) groups excluding carboxylic acids is 1. The van der Waals surface area contributed by atoms with Gasteiger partial charge >= 0.3 is 0 Å². The van der Waals surface area contributed by atoms with Gasteiger partial charge in [-0.15, -0.1) is 36.2 Å². The van der Waals surface area contributed by atoms with Crippen LogP contribution in [0.5, 0.6) is 0 Å². The first-order valence-electron chi connectivity index (χ1n) is 9.50. The van der Waals surface area contributed by atoms with Gasteiger partial charge in [0.25, 0.3) is 5.91 Å². The van der Waals surface area contributed by atoms with Crippen LogP contribution >= 0.6 is 36.2 Å². The first kappa shape index (κ1) is 23.6. The van der Waals surface area contributed by atoms with E-state index in [0.717, 1.165) is 59.8 Å². The Morgan fingerprint density at radius 1 is 1.41 bits per heavy atom. The second-order valence-electron chi connectivity index (χ2n) is 7.09. The number of pyridine rings is 1. The number of rotatable bonds is 5. The molecule has 0 radical (unpaired) electrons. The minimum atomic E-state index is 0. The predicted octanol–water partition coefficient (Wildman–Crippen LogP) is 4.06. The van der Waals surface area contributed by atoms with E-state index in [1.807, 2.05) is 42.5 Å². The first-order chi connectivity index (χ1) is 13.1. The largest absolute Gasteiger partial charge is 0.334 e. The molecule has 3 aromatic rings. The number of amides is 1. The quantitative estimate of drug-likeness (QED) is 0.629. The fourth-order valence-corrected chi connectivity index (χ4v) is 4.60. The maximum atomic E-state index is 13.7. The van der Waals surface area contributed by atoms with E-state index in [4.69, 9.17) is 4.98 Å². The van der Waals surface area contributed by atoms with Gasteiger partial charge in [-0.3, -0.25) is 9.48 Å². The van der Waals surface area contributed by atoms with Crippen LogP contribution in [0, 0.1) is 6.92 Å². The van der Waals surface area contributed by atoms with E-state index in [1.165, 1.54) is 0 Å². The maximum absolute atomic E-state index is 13.7. The smallest absolute Gasteiger partial charge is 0.255 e. The van der Waals surface area contributed by atoms with Gasteiger partial charge in [-0.05, 0) is 43.8 Å². The minimum absolute atomic E-state index is 0. The Morgan fingerprint density at radius 3 is 2.83 bits per heavy atom. The summed E-state index contributed by atoms with van der Waals surface area (Å²) >= 11 is 1.63. The van der Waals surface area contributed by atoms with Gasteiger partial charge in [0.2, 0.25) is 0 Å². The number of nitrogens with zero attached hydrogens (tertiary/aromatic N) is 4. The lowest BCUT2D eigenvalue weighted by Gasteiger charge is -2.28. The highest BCUT2D eigenvalue weighted by Crippen LogP contribution is 2.30. The zero-order valence-electron chi connectivity index (χ0n) is 16.8. The van der Waals surface area contributed by atoms with E-state index in [1.54, 1.807) is 16.0 Å². The Bertz CT molecular complexity index is 967. The zero-order chi connectivity index (χ0) is 19.0. The van der Waals surface area contributed by atoms with Gasteiger partial charge in [0.05, 0.1) is 27.2 Å². The molecule has 0 aromatic carbocycles. The molecule has 9 heteroatoms. The van der Waals surface area contributed by atoms with Crippen LogP contribution in [0.2, 0.25) is 0 Å². The van der Waals surface area contributed by atoms with Crippen molar-refractivity contribution in [3.63, 3.8) is 0 Å². The highest BCUT2D eigenvalue weighted by molar-refractivity contribution is 7.13. The molecule has 1 fully saturated rings. The molecule has 158 valence electrons. The minimum Gasteiger partial charge on any atom is -0.334 e. The van der Waals surface area contributed by atoms with E-state index in [-0.39, 0.29) is 36.8 Å². The molecule has 29 heavy (non-hydrogen) atoms. The Balaban J connectivity index is 0.00000150. The highest BCUT2D eigenvalue weighted by Gasteiger charge is 2.29. The van der Waals surface area contributed by atoms with Crippen LogP contribution in [0.25, 0.3) is 21.6 Å². The van der Waals surface area contributed by atoms with Crippen LogP contribution in [0.15, 0.2) is 23.6 Å². The molecule has 0 saturated carbocycles. The van der Waals surface area contributed by atoms with E-state index in [9.17, 15) is 4.79 Å². The van der Waals surface area contributed by atoms with Crippen molar-refractivity contribution in [2.45, 2.75) is 32.7 Å². The predicted molar refractivity (Wildman–Crippen MR) is 124 cm³/mol. The number of hydrogen-bond donors (Lipinski definition) is 1. The summed E-state index contributed by atoms with van der Waals surface area (Å²) in [4.78, 5) is 21.6. The topological polar surface area (TPSA) is 63.1 Å². The molecule has 0 bridgehead atoms. The summed E-state index contributed by atoms with van der Waals surface area (Å²) in [7, 11) is 1.89. The molecule has 3 aromatic heterocycles. The lowest BCUT2D eigenvalue weighted by Crippen LogP contribution is -2.42. The monoisotopic (exact) mass is 455 g/mol. The number of hydrogen-bond acceptors (Lipinski definition) is 5. The van der Waals surface area contributed by atoms with Crippen molar-refractivity contribution in [3.8, 4) is 10.6 Å². The summed E-state index contributed by atoms with van der Waals surface area (Å²) in [6, 6.07) is 6.26. The number of thiophene rings is 1. The molecule has 0 aliphatic carbocycles. The molecule has 1 unspecified atom stereocenters. The van der Waals surface area contributed by atoms with Gasteiger partial charge in [-0.2, -0.15) is 5.10 Å². The molecule has 6 nitrogen and oxygen atoms in total. The van der Waals surface area contributed by atoms with Crippen LogP contribution in [-0.4, -0.2) is 51.2 Å². The van der Waals surface area contributed by atoms with Gasteiger partial charge in [0.15, 0.2) is 5.65 Å². The number of carbonyl (C=O) groups is 1. The summed E-state index contributed by atoms with van der Waals surface area (Å²) in [5.74, 6) is 0.0897. The summed E-state index contributed by atoms with van der Waals surface area (Å²) < 4.78 is 1.78. The molecule has 1 N–H and O–H groups in total. The summed E-state index contributed by atoms with van der Waals surface area (Å²) in [6.45, 7) is 6.67. The van der Waals surface area contributed by atoms with Crippen LogP contribution in [0.3, 0.4) is 0 Å². The molecule has 1 amide bonds. The molecular formula is C20H27Cl2N5OS. The van der Waals surface area contributed by atoms with Crippen LogP contribution in [-0.2, 0) is 7.05 Å². The third kappa shape index (κ3) is 4.43. The standard InChI is InChI=1S/C20H25N5OS.2ClH/c1-4-9-25(14-7-8-21-12-14)20(26)15-11-16(17-6-5-10-27-17)22-19-18(15)13(2)23-24(19)3;;/h5-6,10-11,14,21H,4,7-9,12H2,1-3H3;2*1H. The molecule has 0 spiro atoms. The fraction of sp³-hybridized carbons (Fsp3) is 0.450. The Kier molecular flexibility index (Phi) is 8.05. The van der Waals surface area contributed by atoms with Crippen LogP contribution in [0.4, 0.5) is 0 Å². The SMILES string of the molecule is CCCN(C(=O)c1cc(-c2cccs2)nc2c1c(C)nn2C)C1CCNC1.Cl.Cl. The second kappa shape index (κ2) is 9.89. The lowest BCUT2D eigenvalue weighted by molar-refractivity contribution is 0.0694. The average Bonchev–Trinajstić information content (AvgIpc) is 3.41. The Morgan fingerprint density at radius 2 is 2.21 bits per heavy atom. The average molecular weight is 456 g/mol. The van der Waals surface area contributed by atoms with Crippen molar-refractivity contribution in [3.05, 3.63) is 34.8 Å². The van der Waals surface area contributed by atoms with Crippen LogP contribution in [0.1, 0.15) is 35.8 Å². The molecule has 4 heterocycles. The molecule has 1 saturated heterocycles. The summed E-state index contributed by atoms with van der Waals surface area (Å²) in [5, 5.41) is 10.8. The number of nitrogens with one attached hydrogen (secondary N) is 1. The molecule has 1 atom stereocenters. The lowest BCUT2D eigenvalue weighted by atomic mass is 10.1. The Labute approximate surface area is 187 Å². The maximum Gasteiger partial charge on any atom is 0.255 e. The van der Waals surface area contributed by atoms with Crippen molar-refractivity contribution in [2.24, 2.45) is 7.05 Å². The van der Waals surface area contributed by atoms with Gasteiger partial charge in [0, 0.05) is 26.2 Å².